The molecule has 0 aliphatic heterocycles. The van der Waals surface area contributed by atoms with Gasteiger partial charge in [0.25, 0.3) is 5.56 Å². The summed E-state index contributed by atoms with van der Waals surface area (Å²) in [6.07, 6.45) is 3.85. The van der Waals surface area contributed by atoms with E-state index < -0.39 is 0 Å². The fourth-order valence-electron chi connectivity index (χ4n) is 1.98. The summed E-state index contributed by atoms with van der Waals surface area (Å²) in [6.45, 7) is 6.95. The molecule has 0 spiro atoms. The Hall–Kier alpha value is -1.43. The number of nitrogens with zero attached hydrogens (tertiary/aromatic N) is 2. The van der Waals surface area contributed by atoms with Crippen molar-refractivity contribution in [1.29, 1.82) is 0 Å². The molecule has 0 bridgehead atoms. The third kappa shape index (κ3) is 4.03. The molecule has 0 saturated carbocycles. The Kier molecular flexibility index (Phi) is 5.68. The molecular weight excluding hydrogens is 274 g/mol. The molecule has 0 radical (unpaired) electrons. The van der Waals surface area contributed by atoms with Crippen molar-refractivity contribution in [2.45, 2.75) is 53.1 Å². The van der Waals surface area contributed by atoms with Crippen molar-refractivity contribution in [1.82, 2.24) is 9.13 Å². The van der Waals surface area contributed by atoms with Crippen LogP contribution < -0.4 is 17.0 Å². The fourth-order valence-corrected chi connectivity index (χ4v) is 2.08. The van der Waals surface area contributed by atoms with Crippen molar-refractivity contribution in [2.75, 3.05) is 0 Å². The van der Waals surface area contributed by atoms with Gasteiger partial charge in [0.15, 0.2) is 0 Å². The van der Waals surface area contributed by atoms with E-state index >= 15 is 0 Å². The van der Waals surface area contributed by atoms with E-state index in [0.717, 1.165) is 12.8 Å². The monoisotopic (exact) mass is 297 g/mol. The lowest BCUT2D eigenvalue weighted by molar-refractivity contribution is 0.423. The zero-order valence-corrected chi connectivity index (χ0v) is 13.2. The highest BCUT2D eigenvalue weighted by atomic mass is 32.1. The molecule has 20 heavy (non-hydrogen) atoms. The van der Waals surface area contributed by atoms with Crippen LogP contribution in [0, 0.1) is 5.41 Å². The third-order valence-corrected chi connectivity index (χ3v) is 4.01. The zero-order valence-electron chi connectivity index (χ0n) is 12.4. The number of rotatable bonds is 7. The number of hydrogen-bond acceptors (Lipinski definition) is 3. The molecule has 0 aliphatic rings. The van der Waals surface area contributed by atoms with Crippen LogP contribution in [0.4, 0.5) is 0 Å². The first-order valence-electron chi connectivity index (χ1n) is 6.90. The highest BCUT2D eigenvalue weighted by molar-refractivity contribution is 7.80. The van der Waals surface area contributed by atoms with Crippen molar-refractivity contribution >= 4 is 17.2 Å². The summed E-state index contributed by atoms with van der Waals surface area (Å²) in [7, 11) is 0. The largest absolute Gasteiger partial charge is 0.393 e. The first-order chi connectivity index (χ1) is 9.29. The Morgan fingerprint density at radius 3 is 2.55 bits per heavy atom. The van der Waals surface area contributed by atoms with Crippen molar-refractivity contribution in [3.05, 3.63) is 33.1 Å². The minimum absolute atomic E-state index is 0.243. The van der Waals surface area contributed by atoms with Gasteiger partial charge in [0, 0.05) is 30.8 Å². The van der Waals surface area contributed by atoms with Crippen LogP contribution in [0.15, 0.2) is 21.9 Å². The first kappa shape index (κ1) is 16.6. The molecule has 0 aliphatic carbocycles. The van der Waals surface area contributed by atoms with E-state index in [1.807, 2.05) is 20.8 Å². The smallest absolute Gasteiger partial charge is 0.330 e. The van der Waals surface area contributed by atoms with Gasteiger partial charge in [-0.15, -0.1) is 0 Å². The van der Waals surface area contributed by atoms with E-state index in [-0.39, 0.29) is 16.7 Å². The lowest BCUT2D eigenvalue weighted by atomic mass is 9.88. The van der Waals surface area contributed by atoms with Crippen molar-refractivity contribution in [2.24, 2.45) is 11.1 Å². The van der Waals surface area contributed by atoms with Gasteiger partial charge in [-0.3, -0.25) is 9.36 Å². The molecule has 5 nitrogen and oxygen atoms in total. The van der Waals surface area contributed by atoms with Crippen LogP contribution >= 0.6 is 12.2 Å². The highest BCUT2D eigenvalue weighted by Gasteiger charge is 2.20. The Bertz CT molecular complexity index is 587. The topological polar surface area (TPSA) is 70.0 Å². The molecule has 1 heterocycles. The van der Waals surface area contributed by atoms with E-state index in [4.69, 9.17) is 18.0 Å². The average Bonchev–Trinajstić information content (AvgIpc) is 2.37. The van der Waals surface area contributed by atoms with Crippen LogP contribution in [0.5, 0.6) is 0 Å². The Labute approximate surface area is 124 Å². The minimum Gasteiger partial charge on any atom is -0.393 e. The van der Waals surface area contributed by atoms with Crippen LogP contribution in [-0.4, -0.2) is 14.1 Å². The molecule has 2 N–H and O–H groups in total. The molecule has 1 aromatic heterocycles. The quantitative estimate of drug-likeness (QED) is 0.775. The molecule has 1 rings (SSSR count). The highest BCUT2D eigenvalue weighted by Crippen LogP contribution is 2.22. The number of thiocarbonyl (C=S) groups is 1. The van der Waals surface area contributed by atoms with Crippen LogP contribution in [-0.2, 0) is 13.1 Å². The summed E-state index contributed by atoms with van der Waals surface area (Å²) in [5.74, 6) is 0. The molecule has 0 amide bonds. The summed E-state index contributed by atoms with van der Waals surface area (Å²) in [6, 6.07) is 1.44. The Morgan fingerprint density at radius 2 is 2.00 bits per heavy atom. The Balaban J connectivity index is 2.83. The van der Waals surface area contributed by atoms with E-state index in [9.17, 15) is 9.59 Å². The molecule has 112 valence electrons. The second kappa shape index (κ2) is 6.83. The minimum atomic E-state index is -0.254. The summed E-state index contributed by atoms with van der Waals surface area (Å²) < 4.78 is 2.85. The molecule has 1 aromatic rings. The zero-order chi connectivity index (χ0) is 15.3. The molecule has 0 aromatic carbocycles. The van der Waals surface area contributed by atoms with Crippen LogP contribution in [0.25, 0.3) is 0 Å². The Morgan fingerprint density at radius 1 is 1.35 bits per heavy atom. The summed E-state index contributed by atoms with van der Waals surface area (Å²) in [5, 5.41) is 0. The molecular formula is C14H23N3O2S. The molecule has 0 fully saturated rings. The normalized spacial score (nSPS) is 11.6. The average molecular weight is 297 g/mol. The van der Waals surface area contributed by atoms with Gasteiger partial charge in [0.05, 0.1) is 4.99 Å². The van der Waals surface area contributed by atoms with E-state index in [1.165, 1.54) is 10.6 Å². The van der Waals surface area contributed by atoms with E-state index in [0.29, 0.717) is 24.5 Å². The van der Waals surface area contributed by atoms with Crippen molar-refractivity contribution in [3.8, 4) is 0 Å². The first-order valence-corrected chi connectivity index (χ1v) is 7.30. The maximum atomic E-state index is 12.1. The number of hydrogen-bond donors (Lipinski definition) is 1. The SMILES string of the molecule is CCCn1ccc(=O)n(CCCC(C)(C)C(N)=S)c1=O. The number of nitrogens with two attached hydrogens (primary N) is 1. The molecule has 0 atom stereocenters. The maximum Gasteiger partial charge on any atom is 0.330 e. The second-order valence-electron chi connectivity index (χ2n) is 5.63. The predicted octanol–water partition coefficient (Wildman–Crippen LogP) is 1.51. The summed E-state index contributed by atoms with van der Waals surface area (Å²) >= 11 is 5.01. The standard InChI is InChI=1S/C14H23N3O2S/c1-4-8-16-10-6-11(18)17(13(16)19)9-5-7-14(2,3)12(15)20/h6,10H,4-5,7-9H2,1-3H3,(H2,15,20). The van der Waals surface area contributed by atoms with Gasteiger partial charge in [-0.1, -0.05) is 33.0 Å². The lowest BCUT2D eigenvalue weighted by Crippen LogP contribution is -2.39. The van der Waals surface area contributed by atoms with Gasteiger partial charge in [0.2, 0.25) is 0 Å². The van der Waals surface area contributed by atoms with Crippen LogP contribution in [0.2, 0.25) is 0 Å². The van der Waals surface area contributed by atoms with Crippen molar-refractivity contribution < 1.29 is 0 Å². The van der Waals surface area contributed by atoms with Gasteiger partial charge in [-0.25, -0.2) is 4.79 Å². The molecule has 0 unspecified atom stereocenters. The van der Waals surface area contributed by atoms with Gasteiger partial charge in [-0.05, 0) is 19.3 Å². The van der Waals surface area contributed by atoms with Gasteiger partial charge < -0.3 is 10.3 Å². The van der Waals surface area contributed by atoms with Crippen LogP contribution in [0.3, 0.4) is 0 Å². The van der Waals surface area contributed by atoms with E-state index in [1.54, 1.807) is 10.8 Å². The van der Waals surface area contributed by atoms with Gasteiger partial charge >= 0.3 is 5.69 Å². The predicted molar refractivity (Wildman–Crippen MR) is 85.1 cm³/mol. The second-order valence-corrected chi connectivity index (χ2v) is 6.07. The molecule has 0 saturated heterocycles. The molecule has 6 heteroatoms. The maximum absolute atomic E-state index is 12.1. The van der Waals surface area contributed by atoms with Crippen LogP contribution in [0.1, 0.15) is 40.0 Å². The summed E-state index contributed by atoms with van der Waals surface area (Å²) in [5.41, 5.74) is 4.92. The third-order valence-electron chi connectivity index (χ3n) is 3.45. The number of aryl methyl sites for hydroxylation is 1. The van der Waals surface area contributed by atoms with Gasteiger partial charge in [-0.2, -0.15) is 0 Å². The van der Waals surface area contributed by atoms with Gasteiger partial charge in [0.1, 0.15) is 0 Å². The number of aromatic nitrogens is 2. The fraction of sp³-hybridized carbons (Fsp3) is 0.643. The lowest BCUT2D eigenvalue weighted by Gasteiger charge is -2.22. The van der Waals surface area contributed by atoms with Crippen molar-refractivity contribution in [3.63, 3.8) is 0 Å². The van der Waals surface area contributed by atoms with E-state index in [2.05, 4.69) is 0 Å². The summed E-state index contributed by atoms with van der Waals surface area (Å²) in [4.78, 5) is 24.4.